The highest BCUT2D eigenvalue weighted by Gasteiger charge is 2.13. The second-order valence-electron chi connectivity index (χ2n) is 5.84. The van der Waals surface area contributed by atoms with Crippen molar-refractivity contribution in [3.05, 3.63) is 83.5 Å². The van der Waals surface area contributed by atoms with Crippen LogP contribution in [0.3, 0.4) is 0 Å². The molecule has 0 atom stereocenters. The van der Waals surface area contributed by atoms with E-state index in [4.69, 9.17) is 17.0 Å². The number of pyridine rings is 1. The maximum absolute atomic E-state index is 5.62. The standard InChI is InChI=1S/C22H17NOS/c1-24-17-13-11-16(12-14-17)21-20(15-7-3-2-4-8-15)18-9-5-6-10-19(18)22(25)23-21/h2-14H,1H3,(H,23,25). The van der Waals surface area contributed by atoms with Gasteiger partial charge >= 0.3 is 0 Å². The molecular weight excluding hydrogens is 326 g/mol. The molecule has 0 fully saturated rings. The zero-order valence-corrected chi connectivity index (χ0v) is 14.6. The van der Waals surface area contributed by atoms with Crippen LogP contribution in [0.4, 0.5) is 0 Å². The third-order valence-electron chi connectivity index (χ3n) is 4.37. The van der Waals surface area contributed by atoms with Gasteiger partial charge in [0.25, 0.3) is 0 Å². The van der Waals surface area contributed by atoms with Gasteiger partial charge in [-0.25, -0.2) is 0 Å². The van der Waals surface area contributed by atoms with Gasteiger partial charge < -0.3 is 9.72 Å². The first-order valence-electron chi connectivity index (χ1n) is 8.13. The molecule has 0 spiro atoms. The van der Waals surface area contributed by atoms with Crippen molar-refractivity contribution in [2.24, 2.45) is 0 Å². The number of fused-ring (bicyclic) bond motifs is 1. The molecule has 0 saturated carbocycles. The summed E-state index contributed by atoms with van der Waals surface area (Å²) in [7, 11) is 1.67. The Morgan fingerprint density at radius 1 is 0.720 bits per heavy atom. The van der Waals surface area contributed by atoms with Crippen molar-refractivity contribution in [2.75, 3.05) is 7.11 Å². The van der Waals surface area contributed by atoms with Crippen molar-refractivity contribution in [3.63, 3.8) is 0 Å². The quantitative estimate of drug-likeness (QED) is 0.445. The van der Waals surface area contributed by atoms with E-state index in [9.17, 15) is 0 Å². The van der Waals surface area contributed by atoms with Crippen LogP contribution in [0.1, 0.15) is 0 Å². The lowest BCUT2D eigenvalue weighted by atomic mass is 9.94. The third-order valence-corrected chi connectivity index (χ3v) is 4.69. The number of hydrogen-bond donors (Lipinski definition) is 1. The molecule has 2 nitrogen and oxygen atoms in total. The van der Waals surface area contributed by atoms with Crippen molar-refractivity contribution in [1.82, 2.24) is 4.98 Å². The lowest BCUT2D eigenvalue weighted by molar-refractivity contribution is 0.415. The normalized spacial score (nSPS) is 10.8. The second kappa shape index (κ2) is 6.54. The predicted molar refractivity (Wildman–Crippen MR) is 107 cm³/mol. The van der Waals surface area contributed by atoms with Gasteiger partial charge in [0.2, 0.25) is 0 Å². The van der Waals surface area contributed by atoms with Gasteiger partial charge in [-0.2, -0.15) is 0 Å². The van der Waals surface area contributed by atoms with E-state index in [-0.39, 0.29) is 0 Å². The lowest BCUT2D eigenvalue weighted by Gasteiger charge is -2.15. The Kier molecular flexibility index (Phi) is 4.08. The molecule has 0 aliphatic rings. The van der Waals surface area contributed by atoms with E-state index in [0.29, 0.717) is 0 Å². The van der Waals surface area contributed by atoms with E-state index in [1.165, 1.54) is 0 Å². The van der Waals surface area contributed by atoms with E-state index < -0.39 is 0 Å². The van der Waals surface area contributed by atoms with Crippen molar-refractivity contribution in [1.29, 1.82) is 0 Å². The Morgan fingerprint density at radius 3 is 2.04 bits per heavy atom. The van der Waals surface area contributed by atoms with Gasteiger partial charge in [0.05, 0.1) is 12.8 Å². The summed E-state index contributed by atoms with van der Waals surface area (Å²) in [6.07, 6.45) is 0. The zero-order valence-electron chi connectivity index (χ0n) is 13.8. The number of aromatic amines is 1. The molecule has 0 aliphatic heterocycles. The first-order valence-corrected chi connectivity index (χ1v) is 8.53. The maximum Gasteiger partial charge on any atom is 0.118 e. The molecule has 4 rings (SSSR count). The highest BCUT2D eigenvalue weighted by Crippen LogP contribution is 2.37. The van der Waals surface area contributed by atoms with Gasteiger partial charge in [0, 0.05) is 10.9 Å². The number of H-pyrrole nitrogens is 1. The van der Waals surface area contributed by atoms with Crippen LogP contribution in [0.15, 0.2) is 78.9 Å². The molecule has 3 aromatic carbocycles. The summed E-state index contributed by atoms with van der Waals surface area (Å²) < 4.78 is 6.03. The molecule has 0 radical (unpaired) electrons. The number of hydrogen-bond acceptors (Lipinski definition) is 2. The molecule has 0 saturated heterocycles. The molecule has 1 N–H and O–H groups in total. The smallest absolute Gasteiger partial charge is 0.118 e. The molecule has 1 heterocycles. The highest BCUT2D eigenvalue weighted by molar-refractivity contribution is 7.71. The highest BCUT2D eigenvalue weighted by atomic mass is 32.1. The summed E-state index contributed by atoms with van der Waals surface area (Å²) in [6, 6.07) is 26.7. The molecule has 122 valence electrons. The van der Waals surface area contributed by atoms with Gasteiger partial charge in [-0.15, -0.1) is 0 Å². The Labute approximate surface area is 151 Å². The maximum atomic E-state index is 5.62. The topological polar surface area (TPSA) is 25.0 Å². The van der Waals surface area contributed by atoms with Crippen LogP contribution < -0.4 is 4.74 Å². The minimum atomic E-state index is 0.751. The van der Waals surface area contributed by atoms with E-state index in [2.05, 4.69) is 59.6 Å². The average molecular weight is 343 g/mol. The third kappa shape index (κ3) is 2.83. The summed E-state index contributed by atoms with van der Waals surface area (Å²) in [6.45, 7) is 0. The van der Waals surface area contributed by atoms with Crippen LogP contribution in [-0.2, 0) is 0 Å². The molecule has 0 amide bonds. The second-order valence-corrected chi connectivity index (χ2v) is 6.25. The Hall–Kier alpha value is -2.91. The number of benzene rings is 3. The van der Waals surface area contributed by atoms with Crippen LogP contribution in [0.2, 0.25) is 0 Å². The molecule has 1 aromatic heterocycles. The summed E-state index contributed by atoms with van der Waals surface area (Å²) in [5.74, 6) is 0.837. The molecular formula is C22H17NOS. The predicted octanol–water partition coefficient (Wildman–Crippen LogP) is 6.24. The molecule has 4 aromatic rings. The van der Waals surface area contributed by atoms with Crippen molar-refractivity contribution < 1.29 is 4.74 Å². The minimum absolute atomic E-state index is 0.751. The SMILES string of the molecule is COc1ccc(-c2[nH]c(=S)c3ccccc3c2-c2ccccc2)cc1. The number of nitrogens with one attached hydrogen (secondary N) is 1. The number of methoxy groups -OCH3 is 1. The fourth-order valence-corrected chi connectivity index (χ4v) is 3.44. The summed E-state index contributed by atoms with van der Waals surface area (Å²) in [5, 5.41) is 2.22. The number of rotatable bonds is 3. The Bertz CT molecular complexity index is 1080. The van der Waals surface area contributed by atoms with E-state index in [0.717, 1.165) is 43.5 Å². The van der Waals surface area contributed by atoms with E-state index >= 15 is 0 Å². The zero-order chi connectivity index (χ0) is 17.2. The van der Waals surface area contributed by atoms with Crippen LogP contribution in [0.5, 0.6) is 5.75 Å². The average Bonchev–Trinajstić information content (AvgIpc) is 2.69. The van der Waals surface area contributed by atoms with Crippen LogP contribution >= 0.6 is 12.2 Å². The molecule has 3 heteroatoms. The summed E-state index contributed by atoms with van der Waals surface area (Å²) in [5.41, 5.74) is 4.43. The lowest BCUT2D eigenvalue weighted by Crippen LogP contribution is -1.93. The summed E-state index contributed by atoms with van der Waals surface area (Å²) >= 11 is 5.62. The first-order chi connectivity index (χ1) is 12.3. The molecule has 0 aliphatic carbocycles. The Balaban J connectivity index is 2.07. The summed E-state index contributed by atoms with van der Waals surface area (Å²) in [4.78, 5) is 3.45. The largest absolute Gasteiger partial charge is 0.497 e. The van der Waals surface area contributed by atoms with Crippen molar-refractivity contribution >= 4 is 23.0 Å². The van der Waals surface area contributed by atoms with Gasteiger partial charge in [-0.1, -0.05) is 66.8 Å². The minimum Gasteiger partial charge on any atom is -0.497 e. The fraction of sp³-hybridized carbons (Fsp3) is 0.0455. The molecule has 25 heavy (non-hydrogen) atoms. The molecule has 0 unspecified atom stereocenters. The van der Waals surface area contributed by atoms with Gasteiger partial charge in [0.15, 0.2) is 0 Å². The Morgan fingerprint density at radius 2 is 1.36 bits per heavy atom. The van der Waals surface area contributed by atoms with Crippen molar-refractivity contribution in [2.45, 2.75) is 0 Å². The van der Waals surface area contributed by atoms with Gasteiger partial charge in [-0.05, 0) is 40.8 Å². The van der Waals surface area contributed by atoms with E-state index in [1.807, 2.05) is 24.3 Å². The van der Waals surface area contributed by atoms with Crippen LogP contribution in [0, 0.1) is 4.64 Å². The molecule has 0 bridgehead atoms. The van der Waals surface area contributed by atoms with Crippen LogP contribution in [-0.4, -0.2) is 12.1 Å². The van der Waals surface area contributed by atoms with Gasteiger partial charge in [0.1, 0.15) is 10.4 Å². The van der Waals surface area contributed by atoms with Gasteiger partial charge in [-0.3, -0.25) is 0 Å². The number of aromatic nitrogens is 1. The fourth-order valence-electron chi connectivity index (χ4n) is 3.16. The monoisotopic (exact) mass is 343 g/mol. The number of ether oxygens (including phenoxy) is 1. The first kappa shape index (κ1) is 15.6. The van der Waals surface area contributed by atoms with Crippen LogP contribution in [0.25, 0.3) is 33.2 Å². The van der Waals surface area contributed by atoms with Crippen molar-refractivity contribution in [3.8, 4) is 28.1 Å². The van der Waals surface area contributed by atoms with E-state index in [1.54, 1.807) is 7.11 Å².